The smallest absolute Gasteiger partial charge is 0.308 e. The largest absolute Gasteiger partial charge is 0.481 e. The summed E-state index contributed by atoms with van der Waals surface area (Å²) in [4.78, 5) is 26.6. The highest BCUT2D eigenvalue weighted by molar-refractivity contribution is 5.81. The Morgan fingerprint density at radius 2 is 1.67 bits per heavy atom. The Bertz CT molecular complexity index is 805. The standard InChI is InChI=1S/C23H25NO3/c25-22(24-19-11-12-21(24)20(15-19)23(26)27)14-18(17-9-5-2-6-10-17)13-16-7-3-1-4-8-16/h1-10,18-21H,11-15H2,(H,26,27)/t18?,19-,20-,21+/m1/s1. The highest BCUT2D eigenvalue weighted by atomic mass is 16.4. The summed E-state index contributed by atoms with van der Waals surface area (Å²) in [5.41, 5.74) is 2.38. The van der Waals surface area contributed by atoms with Gasteiger partial charge in [-0.25, -0.2) is 0 Å². The molecular formula is C23H25NO3. The van der Waals surface area contributed by atoms with E-state index in [1.807, 2.05) is 41.3 Å². The van der Waals surface area contributed by atoms with Crippen LogP contribution in [-0.4, -0.2) is 34.0 Å². The lowest BCUT2D eigenvalue weighted by Gasteiger charge is -2.26. The van der Waals surface area contributed by atoms with Gasteiger partial charge in [-0.1, -0.05) is 60.7 Å². The van der Waals surface area contributed by atoms with Gasteiger partial charge in [0, 0.05) is 18.5 Å². The first kappa shape index (κ1) is 17.8. The van der Waals surface area contributed by atoms with E-state index in [-0.39, 0.29) is 23.9 Å². The second-order valence-electron chi connectivity index (χ2n) is 7.78. The summed E-state index contributed by atoms with van der Waals surface area (Å²) in [7, 11) is 0. The number of hydrogen-bond donors (Lipinski definition) is 1. The van der Waals surface area contributed by atoms with Gasteiger partial charge in [0.05, 0.1) is 5.92 Å². The number of amides is 1. The molecule has 4 nitrogen and oxygen atoms in total. The average Bonchev–Trinajstić information content (AvgIpc) is 3.27. The molecule has 1 unspecified atom stereocenters. The molecule has 4 heteroatoms. The van der Waals surface area contributed by atoms with Crippen LogP contribution in [0.1, 0.15) is 42.7 Å². The van der Waals surface area contributed by atoms with Gasteiger partial charge in [0.15, 0.2) is 0 Å². The van der Waals surface area contributed by atoms with Crippen molar-refractivity contribution in [1.29, 1.82) is 0 Å². The van der Waals surface area contributed by atoms with E-state index in [1.54, 1.807) is 0 Å². The minimum Gasteiger partial charge on any atom is -0.481 e. The van der Waals surface area contributed by atoms with Crippen molar-refractivity contribution in [3.8, 4) is 0 Å². The number of rotatable bonds is 6. The topological polar surface area (TPSA) is 57.6 Å². The molecule has 0 aliphatic carbocycles. The molecule has 2 heterocycles. The SMILES string of the molecule is O=C(O)[C@@H]1C[C@H]2CC[C@@H]1N2C(=O)CC(Cc1ccccc1)c1ccccc1. The summed E-state index contributed by atoms with van der Waals surface area (Å²) >= 11 is 0. The lowest BCUT2D eigenvalue weighted by Crippen LogP contribution is -2.38. The third-order valence-corrected chi connectivity index (χ3v) is 6.16. The molecule has 27 heavy (non-hydrogen) atoms. The summed E-state index contributed by atoms with van der Waals surface area (Å²) in [6.07, 6.45) is 3.61. The molecule has 2 fully saturated rings. The number of carboxylic acids is 1. The van der Waals surface area contributed by atoms with Crippen molar-refractivity contribution in [1.82, 2.24) is 4.90 Å². The fourth-order valence-corrected chi connectivity index (χ4v) is 4.89. The third-order valence-electron chi connectivity index (χ3n) is 6.16. The number of carbonyl (C=O) groups excluding carboxylic acids is 1. The number of hydrogen-bond acceptors (Lipinski definition) is 2. The second-order valence-corrected chi connectivity index (χ2v) is 7.78. The van der Waals surface area contributed by atoms with Crippen molar-refractivity contribution in [2.45, 2.75) is 50.1 Å². The molecule has 140 valence electrons. The van der Waals surface area contributed by atoms with Gasteiger partial charge in [-0.2, -0.15) is 0 Å². The molecule has 1 N–H and O–H groups in total. The van der Waals surface area contributed by atoms with E-state index in [2.05, 4.69) is 24.3 Å². The summed E-state index contributed by atoms with van der Waals surface area (Å²) < 4.78 is 0. The van der Waals surface area contributed by atoms with Crippen LogP contribution in [0.15, 0.2) is 60.7 Å². The van der Waals surface area contributed by atoms with E-state index in [9.17, 15) is 14.7 Å². The van der Waals surface area contributed by atoms with Crippen molar-refractivity contribution in [2.75, 3.05) is 0 Å². The number of nitrogens with zero attached hydrogens (tertiary/aromatic N) is 1. The molecule has 4 rings (SSSR count). The monoisotopic (exact) mass is 363 g/mol. The zero-order valence-electron chi connectivity index (χ0n) is 15.3. The highest BCUT2D eigenvalue weighted by Crippen LogP contribution is 2.43. The van der Waals surface area contributed by atoms with Crippen molar-refractivity contribution in [3.63, 3.8) is 0 Å². The minimum absolute atomic E-state index is 0.101. The van der Waals surface area contributed by atoms with Gasteiger partial charge in [0.25, 0.3) is 0 Å². The van der Waals surface area contributed by atoms with Crippen molar-refractivity contribution in [2.24, 2.45) is 5.92 Å². The fourth-order valence-electron chi connectivity index (χ4n) is 4.89. The molecule has 2 bridgehead atoms. The van der Waals surface area contributed by atoms with Crippen LogP contribution >= 0.6 is 0 Å². The molecule has 0 aromatic heterocycles. The summed E-state index contributed by atoms with van der Waals surface area (Å²) in [6, 6.07) is 20.4. The average molecular weight is 363 g/mol. The van der Waals surface area contributed by atoms with Crippen molar-refractivity contribution >= 4 is 11.9 Å². The molecule has 0 saturated carbocycles. The molecule has 2 aromatic rings. The molecule has 2 saturated heterocycles. The number of carboxylic acid groups (broad SMARTS) is 1. The Labute approximate surface area is 159 Å². The van der Waals surface area contributed by atoms with Crippen LogP contribution in [0.5, 0.6) is 0 Å². The van der Waals surface area contributed by atoms with Gasteiger partial charge in [-0.3, -0.25) is 9.59 Å². The lowest BCUT2D eigenvalue weighted by atomic mass is 9.88. The van der Waals surface area contributed by atoms with Crippen LogP contribution in [0.25, 0.3) is 0 Å². The van der Waals surface area contributed by atoms with Crippen LogP contribution in [0, 0.1) is 5.92 Å². The Morgan fingerprint density at radius 3 is 2.30 bits per heavy atom. The first-order valence-corrected chi connectivity index (χ1v) is 9.76. The number of aliphatic carboxylic acids is 1. The molecule has 4 atom stereocenters. The van der Waals surface area contributed by atoms with Crippen LogP contribution < -0.4 is 0 Å². The Balaban J connectivity index is 1.53. The van der Waals surface area contributed by atoms with Crippen molar-refractivity contribution < 1.29 is 14.7 Å². The van der Waals surface area contributed by atoms with Gasteiger partial charge >= 0.3 is 5.97 Å². The van der Waals surface area contributed by atoms with Crippen LogP contribution in [0.4, 0.5) is 0 Å². The quantitative estimate of drug-likeness (QED) is 0.848. The second kappa shape index (κ2) is 7.55. The molecule has 0 spiro atoms. The Hall–Kier alpha value is -2.62. The van der Waals surface area contributed by atoms with Crippen molar-refractivity contribution in [3.05, 3.63) is 71.8 Å². The molecular weight excluding hydrogens is 338 g/mol. The fraction of sp³-hybridized carbons (Fsp3) is 0.391. The first-order valence-electron chi connectivity index (χ1n) is 9.76. The predicted molar refractivity (Wildman–Crippen MR) is 103 cm³/mol. The van der Waals surface area contributed by atoms with E-state index in [0.29, 0.717) is 12.8 Å². The van der Waals surface area contributed by atoms with Gasteiger partial charge in [-0.05, 0) is 42.7 Å². The van der Waals surface area contributed by atoms with Gasteiger partial charge in [0.2, 0.25) is 5.91 Å². The van der Waals surface area contributed by atoms with E-state index in [0.717, 1.165) is 24.8 Å². The number of fused-ring (bicyclic) bond motifs is 2. The molecule has 2 aliphatic heterocycles. The first-order chi connectivity index (χ1) is 13.1. The Morgan fingerprint density at radius 1 is 1.00 bits per heavy atom. The van der Waals surface area contributed by atoms with E-state index >= 15 is 0 Å². The number of carbonyl (C=O) groups is 2. The predicted octanol–water partition coefficient (Wildman–Crippen LogP) is 3.87. The van der Waals surface area contributed by atoms with Gasteiger partial charge in [-0.15, -0.1) is 0 Å². The maximum absolute atomic E-state index is 13.2. The molecule has 1 amide bonds. The Kier molecular flexibility index (Phi) is 4.97. The number of benzene rings is 2. The van der Waals surface area contributed by atoms with Crippen LogP contribution in [0.2, 0.25) is 0 Å². The summed E-state index contributed by atoms with van der Waals surface area (Å²) in [5.74, 6) is -0.943. The molecule has 0 radical (unpaired) electrons. The summed E-state index contributed by atoms with van der Waals surface area (Å²) in [5, 5.41) is 9.45. The highest BCUT2D eigenvalue weighted by Gasteiger charge is 2.51. The normalized spacial score (nSPS) is 24.7. The van der Waals surface area contributed by atoms with Gasteiger partial charge < -0.3 is 10.0 Å². The van der Waals surface area contributed by atoms with Gasteiger partial charge in [0.1, 0.15) is 0 Å². The molecule has 2 aliphatic rings. The minimum atomic E-state index is -0.760. The zero-order valence-corrected chi connectivity index (χ0v) is 15.3. The summed E-state index contributed by atoms with van der Waals surface area (Å²) in [6.45, 7) is 0. The van der Waals surface area contributed by atoms with E-state index in [4.69, 9.17) is 0 Å². The molecule has 2 aromatic carbocycles. The van der Waals surface area contributed by atoms with Crippen LogP contribution in [0.3, 0.4) is 0 Å². The van der Waals surface area contributed by atoms with E-state index in [1.165, 1.54) is 5.56 Å². The zero-order chi connectivity index (χ0) is 18.8. The van der Waals surface area contributed by atoms with Crippen LogP contribution in [-0.2, 0) is 16.0 Å². The maximum Gasteiger partial charge on any atom is 0.308 e. The maximum atomic E-state index is 13.2. The van der Waals surface area contributed by atoms with E-state index < -0.39 is 11.9 Å². The lowest BCUT2D eigenvalue weighted by molar-refractivity contribution is -0.143. The third kappa shape index (κ3) is 3.61.